The van der Waals surface area contributed by atoms with E-state index in [-0.39, 0.29) is 6.04 Å². The summed E-state index contributed by atoms with van der Waals surface area (Å²) in [6, 6.07) is 48.7. The minimum Gasteiger partial charge on any atom is -0.332 e. The van der Waals surface area contributed by atoms with Crippen LogP contribution in [0, 0.1) is 0 Å². The summed E-state index contributed by atoms with van der Waals surface area (Å²) in [5.41, 5.74) is 9.13. The predicted octanol–water partition coefficient (Wildman–Crippen LogP) is 12.1. The first-order valence-corrected chi connectivity index (χ1v) is 16.9. The maximum absolute atomic E-state index is 4.92. The number of fused-ring (bicyclic) bond motifs is 6. The minimum atomic E-state index is 0.222. The van der Waals surface area contributed by atoms with Crippen LogP contribution in [0.1, 0.15) is 12.5 Å². The zero-order valence-electron chi connectivity index (χ0n) is 26.8. The number of aromatic nitrogens is 3. The fraction of sp³-hybridized carbons (Fsp3) is 0.0435. The molecule has 3 nitrogen and oxygen atoms in total. The quantitative estimate of drug-likeness (QED) is 0.182. The van der Waals surface area contributed by atoms with Gasteiger partial charge in [0.15, 0.2) is 0 Å². The third-order valence-corrected chi connectivity index (χ3v) is 10.2. The van der Waals surface area contributed by atoms with Gasteiger partial charge in [0, 0.05) is 22.5 Å². The molecule has 0 bridgehead atoms. The first-order valence-electron chi connectivity index (χ1n) is 16.9. The predicted molar refractivity (Wildman–Crippen MR) is 206 cm³/mol. The molecule has 3 heterocycles. The second-order valence-electron chi connectivity index (χ2n) is 12.9. The molecule has 0 fully saturated rings. The van der Waals surface area contributed by atoms with Crippen molar-refractivity contribution in [2.45, 2.75) is 12.5 Å². The second kappa shape index (κ2) is 11.1. The van der Waals surface area contributed by atoms with Crippen molar-refractivity contribution in [3.8, 4) is 33.6 Å². The first kappa shape index (κ1) is 27.8. The lowest BCUT2D eigenvalue weighted by atomic mass is 9.84. The highest BCUT2D eigenvalue weighted by atomic mass is 15.0. The highest BCUT2D eigenvalue weighted by Crippen LogP contribution is 2.46. The van der Waals surface area contributed by atoms with E-state index >= 15 is 0 Å². The molecule has 0 radical (unpaired) electrons. The van der Waals surface area contributed by atoms with E-state index in [1.807, 2.05) is 30.6 Å². The van der Waals surface area contributed by atoms with Crippen LogP contribution in [0.4, 0.5) is 0 Å². The maximum atomic E-state index is 4.92. The Morgan fingerprint density at radius 3 is 1.94 bits per heavy atom. The summed E-state index contributed by atoms with van der Waals surface area (Å²) in [4.78, 5) is 9.55. The van der Waals surface area contributed by atoms with Gasteiger partial charge in [0.1, 0.15) is 0 Å². The lowest BCUT2D eigenvalue weighted by Crippen LogP contribution is -2.07. The summed E-state index contributed by atoms with van der Waals surface area (Å²) < 4.78 is 2.46. The molecule has 6 aromatic carbocycles. The average Bonchev–Trinajstić information content (AvgIpc) is 3.50. The van der Waals surface area contributed by atoms with Gasteiger partial charge in [0.25, 0.3) is 0 Å². The van der Waals surface area contributed by atoms with Gasteiger partial charge >= 0.3 is 0 Å². The van der Waals surface area contributed by atoms with Gasteiger partial charge in [-0.3, -0.25) is 9.97 Å². The molecule has 0 aliphatic heterocycles. The third kappa shape index (κ3) is 4.36. The summed E-state index contributed by atoms with van der Waals surface area (Å²) >= 11 is 0. The van der Waals surface area contributed by atoms with Gasteiger partial charge in [0.05, 0.1) is 29.1 Å². The molecule has 1 aliphatic carbocycles. The summed E-state index contributed by atoms with van der Waals surface area (Å²) in [6.45, 7) is 0. The van der Waals surface area contributed by atoms with E-state index in [0.29, 0.717) is 0 Å². The fourth-order valence-electron chi connectivity index (χ4n) is 8.05. The fourth-order valence-corrected chi connectivity index (χ4v) is 8.05. The van der Waals surface area contributed by atoms with Crippen LogP contribution in [-0.4, -0.2) is 14.5 Å². The van der Waals surface area contributed by atoms with Crippen LogP contribution in [0.3, 0.4) is 0 Å². The van der Waals surface area contributed by atoms with Gasteiger partial charge < -0.3 is 4.57 Å². The molecule has 9 aromatic rings. The summed E-state index contributed by atoms with van der Waals surface area (Å²) in [7, 11) is 0. The van der Waals surface area contributed by atoms with Gasteiger partial charge in [0.2, 0.25) is 0 Å². The minimum absolute atomic E-state index is 0.222. The summed E-state index contributed by atoms with van der Waals surface area (Å²) in [5, 5.41) is 9.96. The Kier molecular flexibility index (Phi) is 6.31. The van der Waals surface area contributed by atoms with Crippen molar-refractivity contribution >= 4 is 54.1 Å². The number of hydrogen-bond acceptors (Lipinski definition) is 2. The number of benzene rings is 6. The number of pyridine rings is 2. The van der Waals surface area contributed by atoms with E-state index < -0.39 is 0 Å². The molecule has 0 spiro atoms. The van der Waals surface area contributed by atoms with Crippen molar-refractivity contribution in [1.29, 1.82) is 0 Å². The normalized spacial score (nSPS) is 14.5. The number of allylic oxidation sites excluding steroid dienone is 4. The smallest absolute Gasteiger partial charge is 0.0893 e. The Labute approximate surface area is 284 Å². The van der Waals surface area contributed by atoms with E-state index in [1.54, 1.807) is 0 Å². The Bertz CT molecular complexity index is 2740. The standard InChI is InChI=1S/C46H31N3/c1-2-15-32(16-3-1)49-43-25-24-31(27-39(43)40-28-42(48-29-44(40)49)41-23-10-11-26-47-41)45-35-18-6-8-20-37(35)46(38-21-9-7-19-36(38)45)34-22-12-14-30-13-4-5-17-33(30)34/h1-15,17-29,32H,16H2. The highest BCUT2D eigenvalue weighted by molar-refractivity contribution is 6.24. The zero-order valence-corrected chi connectivity index (χ0v) is 26.8. The van der Waals surface area contributed by atoms with Gasteiger partial charge in [-0.2, -0.15) is 0 Å². The van der Waals surface area contributed by atoms with Crippen molar-refractivity contribution in [2.75, 3.05) is 0 Å². The van der Waals surface area contributed by atoms with E-state index in [4.69, 9.17) is 4.98 Å². The molecule has 49 heavy (non-hydrogen) atoms. The lowest BCUT2D eigenvalue weighted by Gasteiger charge is -2.19. The topological polar surface area (TPSA) is 30.7 Å². The van der Waals surface area contributed by atoms with Crippen LogP contribution in [-0.2, 0) is 0 Å². The van der Waals surface area contributed by atoms with Gasteiger partial charge in [-0.25, -0.2) is 0 Å². The summed E-state index contributed by atoms with van der Waals surface area (Å²) in [6.07, 6.45) is 13.7. The van der Waals surface area contributed by atoms with Gasteiger partial charge in [-0.1, -0.05) is 127 Å². The Balaban J connectivity index is 1.28. The molecule has 230 valence electrons. The zero-order chi connectivity index (χ0) is 32.3. The van der Waals surface area contributed by atoms with Crippen LogP contribution >= 0.6 is 0 Å². The highest BCUT2D eigenvalue weighted by Gasteiger charge is 2.22. The molecule has 3 aromatic heterocycles. The Morgan fingerprint density at radius 1 is 0.510 bits per heavy atom. The SMILES string of the molecule is C1=CCC(n2c3ccc(-c4c5ccccc5c(-c5cccc6ccccc56)c5ccccc45)cc3c3cc(-c4ccccn4)ncc32)C=C1. The van der Waals surface area contributed by atoms with Gasteiger partial charge in [-0.05, 0) is 91.3 Å². The second-order valence-corrected chi connectivity index (χ2v) is 12.9. The van der Waals surface area contributed by atoms with Crippen LogP contribution in [0.25, 0.3) is 87.8 Å². The number of rotatable bonds is 4. The molecule has 1 unspecified atom stereocenters. The summed E-state index contributed by atoms with van der Waals surface area (Å²) in [5.74, 6) is 0. The van der Waals surface area contributed by atoms with Crippen LogP contribution in [0.2, 0.25) is 0 Å². The van der Waals surface area contributed by atoms with E-state index in [9.17, 15) is 0 Å². The lowest BCUT2D eigenvalue weighted by molar-refractivity contribution is 0.647. The van der Waals surface area contributed by atoms with E-state index in [1.165, 1.54) is 70.9 Å². The van der Waals surface area contributed by atoms with E-state index in [2.05, 4.69) is 149 Å². The maximum Gasteiger partial charge on any atom is 0.0893 e. The number of nitrogens with zero attached hydrogens (tertiary/aromatic N) is 3. The Morgan fingerprint density at radius 2 is 1.20 bits per heavy atom. The molecule has 0 saturated carbocycles. The van der Waals surface area contributed by atoms with Crippen LogP contribution < -0.4 is 0 Å². The first-order chi connectivity index (χ1) is 24.3. The molecule has 0 saturated heterocycles. The largest absolute Gasteiger partial charge is 0.332 e. The number of hydrogen-bond donors (Lipinski definition) is 0. The van der Waals surface area contributed by atoms with Crippen LogP contribution in [0.15, 0.2) is 170 Å². The van der Waals surface area contributed by atoms with Crippen molar-refractivity contribution in [2.24, 2.45) is 0 Å². The molecular weight excluding hydrogens is 595 g/mol. The van der Waals surface area contributed by atoms with E-state index in [0.717, 1.165) is 23.3 Å². The van der Waals surface area contributed by atoms with Crippen molar-refractivity contribution in [1.82, 2.24) is 14.5 Å². The van der Waals surface area contributed by atoms with Crippen molar-refractivity contribution < 1.29 is 0 Å². The Hall–Kier alpha value is -6.32. The molecule has 1 atom stereocenters. The monoisotopic (exact) mass is 625 g/mol. The van der Waals surface area contributed by atoms with Crippen molar-refractivity contribution in [3.63, 3.8) is 0 Å². The molecule has 1 aliphatic rings. The van der Waals surface area contributed by atoms with Crippen molar-refractivity contribution in [3.05, 3.63) is 170 Å². The molecule has 0 amide bonds. The molecule has 0 N–H and O–H groups in total. The van der Waals surface area contributed by atoms with Gasteiger partial charge in [-0.15, -0.1) is 0 Å². The molecule has 3 heteroatoms. The van der Waals surface area contributed by atoms with Crippen LogP contribution in [0.5, 0.6) is 0 Å². The average molecular weight is 626 g/mol. The molecular formula is C46H31N3. The third-order valence-electron chi connectivity index (χ3n) is 10.2. The molecule has 10 rings (SSSR count).